The number of carbonyl (C=O) groups is 1. The van der Waals surface area contributed by atoms with Crippen LogP contribution in [0.15, 0.2) is 59.5 Å². The second kappa shape index (κ2) is 7.19. The molecule has 2 N–H and O–H groups in total. The molecule has 1 heterocycles. The number of carbonyl (C=O) groups excluding carboxylic acids is 1. The fraction of sp³-hybridized carbons (Fsp3) is 0.316. The summed E-state index contributed by atoms with van der Waals surface area (Å²) in [7, 11) is -0.447. The van der Waals surface area contributed by atoms with Crippen molar-refractivity contribution in [2.75, 3.05) is 27.2 Å². The van der Waals surface area contributed by atoms with Crippen molar-refractivity contribution < 1.29 is 13.2 Å². The van der Waals surface area contributed by atoms with Crippen molar-refractivity contribution in [3.05, 3.63) is 65.7 Å². The third kappa shape index (κ3) is 3.51. The zero-order valence-electron chi connectivity index (χ0n) is 14.9. The molecule has 6 nitrogen and oxygen atoms in total. The van der Waals surface area contributed by atoms with Crippen molar-refractivity contribution in [2.24, 2.45) is 5.73 Å². The van der Waals surface area contributed by atoms with E-state index < -0.39 is 10.0 Å². The van der Waals surface area contributed by atoms with Gasteiger partial charge in [0, 0.05) is 44.7 Å². The van der Waals surface area contributed by atoms with Crippen molar-refractivity contribution in [3.63, 3.8) is 0 Å². The molecule has 2 aromatic carbocycles. The summed E-state index contributed by atoms with van der Waals surface area (Å²) in [5.41, 5.74) is 7.61. The van der Waals surface area contributed by atoms with Gasteiger partial charge in [0.2, 0.25) is 10.0 Å². The number of nitrogens with two attached hydrogens (primary N) is 1. The van der Waals surface area contributed by atoms with Crippen LogP contribution in [0, 0.1) is 0 Å². The van der Waals surface area contributed by atoms with E-state index in [1.807, 2.05) is 30.3 Å². The molecule has 0 spiro atoms. The van der Waals surface area contributed by atoms with Crippen LogP contribution in [0.1, 0.15) is 21.8 Å². The Morgan fingerprint density at radius 1 is 1.08 bits per heavy atom. The molecule has 1 aliphatic rings. The van der Waals surface area contributed by atoms with Crippen LogP contribution in [0.25, 0.3) is 0 Å². The van der Waals surface area contributed by atoms with Crippen LogP contribution in [-0.4, -0.2) is 56.8 Å². The molecule has 1 saturated heterocycles. The van der Waals surface area contributed by atoms with Crippen molar-refractivity contribution in [1.82, 2.24) is 9.21 Å². The first-order valence-corrected chi connectivity index (χ1v) is 9.87. The average Bonchev–Trinajstić information content (AvgIpc) is 3.04. The summed E-state index contributed by atoms with van der Waals surface area (Å²) in [5, 5.41) is 0. The van der Waals surface area contributed by atoms with E-state index in [9.17, 15) is 13.2 Å². The minimum atomic E-state index is -3.71. The predicted octanol–water partition coefficient (Wildman–Crippen LogP) is 1.50. The number of sulfonamides is 1. The number of hydrogen-bond acceptors (Lipinski definition) is 4. The summed E-state index contributed by atoms with van der Waals surface area (Å²) in [4.78, 5) is 13.7. The van der Waals surface area contributed by atoms with Gasteiger partial charge in [-0.1, -0.05) is 36.4 Å². The first-order valence-electron chi connectivity index (χ1n) is 8.43. The Bertz CT molecular complexity index is 897. The summed E-state index contributed by atoms with van der Waals surface area (Å²) >= 11 is 0. The van der Waals surface area contributed by atoms with E-state index in [4.69, 9.17) is 5.73 Å². The molecule has 1 amide bonds. The maximum atomic E-state index is 13.0. The van der Waals surface area contributed by atoms with Crippen molar-refractivity contribution in [2.45, 2.75) is 16.9 Å². The van der Waals surface area contributed by atoms with E-state index in [1.54, 1.807) is 26.2 Å². The lowest BCUT2D eigenvalue weighted by Gasteiger charge is -2.17. The van der Waals surface area contributed by atoms with Gasteiger partial charge >= 0.3 is 0 Å². The topological polar surface area (TPSA) is 83.7 Å². The lowest BCUT2D eigenvalue weighted by atomic mass is 9.95. The molecule has 0 radical (unpaired) electrons. The molecule has 26 heavy (non-hydrogen) atoms. The molecule has 0 aliphatic carbocycles. The molecule has 7 heteroatoms. The smallest absolute Gasteiger partial charge is 0.253 e. The molecule has 1 aliphatic heterocycles. The highest BCUT2D eigenvalue weighted by Gasteiger charge is 2.38. The molecule has 138 valence electrons. The summed E-state index contributed by atoms with van der Waals surface area (Å²) < 4.78 is 27.5. The first-order chi connectivity index (χ1) is 12.3. The lowest BCUT2D eigenvalue weighted by Crippen LogP contribution is -2.32. The van der Waals surface area contributed by atoms with E-state index in [0.29, 0.717) is 12.1 Å². The molecular weight excluding hydrogens is 350 g/mol. The van der Waals surface area contributed by atoms with Gasteiger partial charge in [0.25, 0.3) is 5.91 Å². The third-order valence-electron chi connectivity index (χ3n) is 4.68. The van der Waals surface area contributed by atoms with Crippen LogP contribution < -0.4 is 5.73 Å². The second-order valence-corrected chi connectivity index (χ2v) is 8.67. The van der Waals surface area contributed by atoms with Crippen molar-refractivity contribution in [3.8, 4) is 0 Å². The van der Waals surface area contributed by atoms with E-state index in [2.05, 4.69) is 0 Å². The monoisotopic (exact) mass is 373 g/mol. The molecular formula is C19H23N3O3S. The summed E-state index contributed by atoms with van der Waals surface area (Å²) in [6.45, 7) is 0.590. The van der Waals surface area contributed by atoms with Crippen molar-refractivity contribution >= 4 is 15.9 Å². The van der Waals surface area contributed by atoms with Gasteiger partial charge in [0.1, 0.15) is 0 Å². The lowest BCUT2D eigenvalue weighted by molar-refractivity contribution is 0.0827. The average molecular weight is 373 g/mol. The Labute approximate surface area is 154 Å². The van der Waals surface area contributed by atoms with Crippen LogP contribution in [0.5, 0.6) is 0 Å². The normalized spacial score (nSPS) is 20.9. The van der Waals surface area contributed by atoms with Crippen LogP contribution in [-0.2, 0) is 10.0 Å². The number of amides is 1. The first kappa shape index (κ1) is 18.6. The van der Waals surface area contributed by atoms with Gasteiger partial charge in [0.15, 0.2) is 0 Å². The molecule has 0 aromatic heterocycles. The predicted molar refractivity (Wildman–Crippen MR) is 100 cm³/mol. The molecule has 0 unspecified atom stereocenters. The van der Waals surface area contributed by atoms with Crippen molar-refractivity contribution in [1.29, 1.82) is 0 Å². The maximum Gasteiger partial charge on any atom is 0.253 e. The van der Waals surface area contributed by atoms with E-state index in [0.717, 1.165) is 5.56 Å². The SMILES string of the molecule is CN(C)C(=O)c1cccc(S(=O)(=O)N2C[C@@H](N)[C@H](c3ccccc3)C2)c1. The van der Waals surface area contributed by atoms with Gasteiger partial charge in [-0.3, -0.25) is 4.79 Å². The fourth-order valence-corrected chi connectivity index (χ4v) is 4.79. The van der Waals surface area contributed by atoms with Crippen LogP contribution in [0.3, 0.4) is 0 Å². The van der Waals surface area contributed by atoms with Gasteiger partial charge in [0.05, 0.1) is 4.90 Å². The highest BCUT2D eigenvalue weighted by Crippen LogP contribution is 2.30. The van der Waals surface area contributed by atoms with E-state index in [-0.39, 0.29) is 29.3 Å². The Hall–Kier alpha value is -2.22. The highest BCUT2D eigenvalue weighted by atomic mass is 32.2. The zero-order chi connectivity index (χ0) is 18.9. The summed E-state index contributed by atoms with van der Waals surface area (Å²) in [5.74, 6) is -0.278. The summed E-state index contributed by atoms with van der Waals surface area (Å²) in [6, 6.07) is 15.6. The number of hydrogen-bond donors (Lipinski definition) is 1. The van der Waals surface area contributed by atoms with Gasteiger partial charge < -0.3 is 10.6 Å². The minimum absolute atomic E-state index is 0.0439. The Kier molecular flexibility index (Phi) is 5.13. The second-order valence-electron chi connectivity index (χ2n) is 6.73. The maximum absolute atomic E-state index is 13.0. The quantitative estimate of drug-likeness (QED) is 0.880. The molecule has 0 bridgehead atoms. The van der Waals surface area contributed by atoms with Crippen LogP contribution in [0.2, 0.25) is 0 Å². The number of rotatable bonds is 4. The standard InChI is InChI=1S/C19H23N3O3S/c1-21(2)19(23)15-9-6-10-16(11-15)26(24,25)22-12-17(18(20)13-22)14-7-4-3-5-8-14/h3-11,17-18H,12-13,20H2,1-2H3/t17-,18+/m0/s1. The molecule has 2 aromatic rings. The van der Waals surface area contributed by atoms with Gasteiger partial charge in [-0.15, -0.1) is 0 Å². The molecule has 0 saturated carbocycles. The number of benzene rings is 2. The fourth-order valence-electron chi connectivity index (χ4n) is 3.24. The van der Waals surface area contributed by atoms with Crippen LogP contribution >= 0.6 is 0 Å². The van der Waals surface area contributed by atoms with E-state index in [1.165, 1.54) is 21.3 Å². The largest absolute Gasteiger partial charge is 0.345 e. The third-order valence-corrected chi connectivity index (χ3v) is 6.51. The number of nitrogens with zero attached hydrogens (tertiary/aromatic N) is 2. The van der Waals surface area contributed by atoms with Gasteiger partial charge in [-0.05, 0) is 23.8 Å². The Morgan fingerprint density at radius 3 is 2.42 bits per heavy atom. The zero-order valence-corrected chi connectivity index (χ0v) is 15.7. The highest BCUT2D eigenvalue weighted by molar-refractivity contribution is 7.89. The van der Waals surface area contributed by atoms with Crippen LogP contribution in [0.4, 0.5) is 0 Å². The minimum Gasteiger partial charge on any atom is -0.345 e. The molecule has 2 atom stereocenters. The Balaban J connectivity index is 1.87. The van der Waals surface area contributed by atoms with Gasteiger partial charge in [-0.25, -0.2) is 8.42 Å². The summed E-state index contributed by atoms with van der Waals surface area (Å²) in [6.07, 6.45) is 0. The molecule has 3 rings (SSSR count). The molecule has 1 fully saturated rings. The van der Waals surface area contributed by atoms with Gasteiger partial charge in [-0.2, -0.15) is 4.31 Å². The van der Waals surface area contributed by atoms with E-state index >= 15 is 0 Å². The Morgan fingerprint density at radius 2 is 1.77 bits per heavy atom.